The molecule has 0 saturated heterocycles. The number of anilines is 3. The van der Waals surface area contributed by atoms with Crippen LogP contribution in [0.5, 0.6) is 0 Å². The third kappa shape index (κ3) is 2.72. The number of hydrogen-bond acceptors (Lipinski definition) is 3. The van der Waals surface area contributed by atoms with Crippen LogP contribution < -0.4 is 9.80 Å². The van der Waals surface area contributed by atoms with Gasteiger partial charge in [0, 0.05) is 34.7 Å². The van der Waals surface area contributed by atoms with Crippen molar-refractivity contribution in [3.05, 3.63) is 77.4 Å². The number of benzene rings is 3. The number of rotatable bonds is 3. The normalized spacial score (nSPS) is 28.1. The topological polar surface area (TPSA) is 19.6 Å². The first-order valence-electron chi connectivity index (χ1n) is 16.0. The molecule has 0 spiro atoms. The Kier molecular flexibility index (Phi) is 5.29. The summed E-state index contributed by atoms with van der Waals surface area (Å²) in [6.45, 7) is 28.9. The highest BCUT2D eigenvalue weighted by Crippen LogP contribution is 2.68. The number of hydrogen-bond donors (Lipinski definition) is 0. The minimum absolute atomic E-state index is 0.0296. The van der Waals surface area contributed by atoms with E-state index < -0.39 is 0 Å². The van der Waals surface area contributed by atoms with E-state index in [4.69, 9.17) is 4.42 Å². The van der Waals surface area contributed by atoms with Crippen LogP contribution in [0, 0.1) is 17.8 Å². The number of para-hydroxylation sites is 1. The number of nitrogens with zero attached hydrogens (tertiary/aromatic N) is 2. The van der Waals surface area contributed by atoms with Crippen LogP contribution in [-0.4, -0.2) is 13.2 Å². The Hall–Kier alpha value is -3.20. The zero-order valence-electron chi connectivity index (χ0n) is 27.6. The molecule has 0 amide bonds. The summed E-state index contributed by atoms with van der Waals surface area (Å²) in [6.07, 6.45) is 4.46. The summed E-state index contributed by atoms with van der Waals surface area (Å²) in [7, 11) is 2.33. The average Bonchev–Trinajstić information content (AvgIpc) is 3.50. The van der Waals surface area contributed by atoms with E-state index >= 15 is 0 Å². The highest BCUT2D eigenvalue weighted by atomic mass is 16.3. The van der Waals surface area contributed by atoms with Gasteiger partial charge in [0.05, 0.1) is 17.1 Å². The highest BCUT2D eigenvalue weighted by Gasteiger charge is 2.63. The Morgan fingerprint density at radius 3 is 2.17 bits per heavy atom. The van der Waals surface area contributed by atoms with Gasteiger partial charge >= 0.3 is 0 Å². The monoisotopic (exact) mass is 560 g/mol. The summed E-state index contributed by atoms with van der Waals surface area (Å²) in [5.74, 6) is 0. The van der Waals surface area contributed by atoms with Crippen molar-refractivity contribution in [3.8, 4) is 0 Å². The van der Waals surface area contributed by atoms with Crippen molar-refractivity contribution < 1.29 is 4.42 Å². The molecule has 0 radical (unpaired) electrons. The first-order chi connectivity index (χ1) is 19.7. The van der Waals surface area contributed by atoms with Gasteiger partial charge in [-0.25, -0.2) is 0 Å². The zero-order valence-corrected chi connectivity index (χ0v) is 27.6. The van der Waals surface area contributed by atoms with Crippen LogP contribution in [0.15, 0.2) is 59.5 Å². The molecule has 4 aromatic rings. The largest absolute Gasteiger partial charge is 0.456 e. The molecule has 3 heterocycles. The fraction of sp³-hybridized carbons (Fsp3) is 0.487. The van der Waals surface area contributed by atoms with Gasteiger partial charge in [-0.05, 0) is 76.5 Å². The van der Waals surface area contributed by atoms with E-state index in [1.807, 2.05) is 0 Å². The van der Waals surface area contributed by atoms with Gasteiger partial charge in [-0.1, -0.05) is 86.6 Å². The molecule has 0 bridgehead atoms. The van der Waals surface area contributed by atoms with E-state index in [2.05, 4.69) is 141 Å². The van der Waals surface area contributed by atoms with E-state index in [0.717, 1.165) is 24.0 Å². The zero-order chi connectivity index (χ0) is 30.4. The fourth-order valence-corrected chi connectivity index (χ4v) is 9.92. The van der Waals surface area contributed by atoms with Gasteiger partial charge in [0.15, 0.2) is 0 Å². The van der Waals surface area contributed by atoms with Crippen molar-refractivity contribution >= 4 is 39.0 Å². The minimum atomic E-state index is -0.170. The third-order valence-electron chi connectivity index (χ3n) is 13.7. The maximum Gasteiger partial charge on any atom is 0.137 e. The average molecular weight is 561 g/mol. The predicted octanol–water partition coefficient (Wildman–Crippen LogP) is 10.7. The third-order valence-corrected chi connectivity index (χ3v) is 13.7. The predicted molar refractivity (Wildman–Crippen MR) is 180 cm³/mol. The first kappa shape index (κ1) is 27.6. The molecule has 7 rings (SSSR count). The Bertz CT molecular complexity index is 1820. The van der Waals surface area contributed by atoms with Crippen molar-refractivity contribution in [2.24, 2.45) is 10.8 Å². The molecule has 3 aliphatic rings. The molecule has 3 atom stereocenters. The fourth-order valence-electron chi connectivity index (χ4n) is 9.92. The molecule has 42 heavy (non-hydrogen) atoms. The van der Waals surface area contributed by atoms with Crippen LogP contribution in [0.2, 0.25) is 0 Å². The highest BCUT2D eigenvalue weighted by molar-refractivity contribution is 6.07. The Morgan fingerprint density at radius 1 is 0.833 bits per heavy atom. The molecule has 3 aromatic carbocycles. The van der Waals surface area contributed by atoms with E-state index in [-0.39, 0.29) is 33.2 Å². The molecule has 2 aliphatic heterocycles. The molecular formula is C39H48N2O. The number of furan rings is 1. The van der Waals surface area contributed by atoms with Crippen molar-refractivity contribution in [1.29, 1.82) is 0 Å². The van der Waals surface area contributed by atoms with Crippen molar-refractivity contribution in [2.45, 2.75) is 104 Å². The molecule has 3 nitrogen and oxygen atoms in total. The van der Waals surface area contributed by atoms with Gasteiger partial charge in [0.1, 0.15) is 17.3 Å². The van der Waals surface area contributed by atoms with E-state index in [9.17, 15) is 0 Å². The standard InChI is InChI=1S/C39H48N2O/c1-13-38(11)26-20-25-24-18-16-17-19-30(24)42-31(25)22-28(26)41-29-21-27-32(36(7,8)37(9,10)35(27,5)6)23(4)33(29)40(12)34(41)39(38,14-2)15-3/h14,16-22,34H,2,13,15H2,1,3-12H3. The second-order valence-electron chi connectivity index (χ2n) is 15.3. The van der Waals surface area contributed by atoms with Crippen molar-refractivity contribution in [3.63, 3.8) is 0 Å². The second-order valence-corrected chi connectivity index (χ2v) is 15.3. The molecule has 0 fully saturated rings. The summed E-state index contributed by atoms with van der Waals surface area (Å²) in [5.41, 5.74) is 11.7. The Balaban J connectivity index is 1.62. The molecule has 1 aliphatic carbocycles. The van der Waals surface area contributed by atoms with Crippen molar-refractivity contribution in [2.75, 3.05) is 16.8 Å². The first-order valence-corrected chi connectivity index (χ1v) is 16.0. The Labute approximate surface area is 252 Å². The lowest BCUT2D eigenvalue weighted by atomic mass is 9.54. The maximum atomic E-state index is 6.51. The summed E-state index contributed by atoms with van der Waals surface area (Å²) in [6, 6.07) is 15.8. The van der Waals surface area contributed by atoms with Crippen LogP contribution in [0.4, 0.5) is 17.1 Å². The van der Waals surface area contributed by atoms with Crippen molar-refractivity contribution in [1.82, 2.24) is 0 Å². The second kappa shape index (κ2) is 8.04. The lowest BCUT2D eigenvalue weighted by Crippen LogP contribution is -2.62. The van der Waals surface area contributed by atoms with Gasteiger partial charge in [0.2, 0.25) is 0 Å². The lowest BCUT2D eigenvalue weighted by Gasteiger charge is -2.59. The maximum absolute atomic E-state index is 6.51. The molecular weight excluding hydrogens is 512 g/mol. The summed E-state index contributed by atoms with van der Waals surface area (Å²) in [4.78, 5) is 5.27. The van der Waals surface area contributed by atoms with Gasteiger partial charge < -0.3 is 14.2 Å². The summed E-state index contributed by atoms with van der Waals surface area (Å²) < 4.78 is 6.51. The van der Waals surface area contributed by atoms with Gasteiger partial charge in [-0.15, -0.1) is 6.58 Å². The molecule has 220 valence electrons. The van der Waals surface area contributed by atoms with Gasteiger partial charge in [-0.3, -0.25) is 0 Å². The quantitative estimate of drug-likeness (QED) is 0.232. The minimum Gasteiger partial charge on any atom is -0.456 e. The van der Waals surface area contributed by atoms with E-state index in [1.165, 1.54) is 50.1 Å². The Morgan fingerprint density at radius 2 is 1.52 bits per heavy atom. The summed E-state index contributed by atoms with van der Waals surface area (Å²) in [5, 5.41) is 2.40. The summed E-state index contributed by atoms with van der Waals surface area (Å²) >= 11 is 0. The van der Waals surface area contributed by atoms with Crippen LogP contribution in [0.1, 0.15) is 97.4 Å². The van der Waals surface area contributed by atoms with Crippen LogP contribution in [-0.2, 0) is 16.2 Å². The smallest absolute Gasteiger partial charge is 0.137 e. The SMILES string of the molecule is C=CC1(CC)C2N(C)c3c(cc4c(c3C)C(C)(C)C(C)(C)C4(C)C)N2c2cc3oc4ccccc4c3cc2C1(C)CC. The van der Waals surface area contributed by atoms with Crippen LogP contribution in [0.3, 0.4) is 0 Å². The molecule has 0 saturated carbocycles. The van der Waals surface area contributed by atoms with Crippen LogP contribution in [0.25, 0.3) is 21.9 Å². The van der Waals surface area contributed by atoms with Crippen LogP contribution >= 0.6 is 0 Å². The number of fused-ring (bicyclic) bond motifs is 9. The van der Waals surface area contributed by atoms with Gasteiger partial charge in [-0.2, -0.15) is 0 Å². The van der Waals surface area contributed by atoms with E-state index in [1.54, 1.807) is 0 Å². The van der Waals surface area contributed by atoms with E-state index in [0.29, 0.717) is 0 Å². The molecule has 1 aromatic heterocycles. The molecule has 3 heteroatoms. The van der Waals surface area contributed by atoms with Gasteiger partial charge in [0.25, 0.3) is 0 Å². The lowest BCUT2D eigenvalue weighted by molar-refractivity contribution is 0.124. The molecule has 0 N–H and O–H groups in total. The molecule has 3 unspecified atom stereocenters.